The summed E-state index contributed by atoms with van der Waals surface area (Å²) in [6, 6.07) is 4.97. The Kier molecular flexibility index (Phi) is 3.55. The molecule has 0 spiro atoms. The summed E-state index contributed by atoms with van der Waals surface area (Å²) in [6.45, 7) is 4.15. The van der Waals surface area contributed by atoms with E-state index in [1.807, 2.05) is 0 Å². The van der Waals surface area contributed by atoms with Crippen LogP contribution in [0.1, 0.15) is 19.5 Å². The molecular formula is C13H12Cl2FN. The first-order chi connectivity index (χ1) is 7.99. The minimum absolute atomic E-state index is 0.0720. The lowest BCUT2D eigenvalue weighted by Crippen LogP contribution is -1.99. The summed E-state index contributed by atoms with van der Waals surface area (Å²) in [5.74, 6) is -0.0602. The molecule has 0 bridgehead atoms. The van der Waals surface area contributed by atoms with E-state index in [0.29, 0.717) is 16.3 Å². The van der Waals surface area contributed by atoms with Crippen LogP contribution in [0.2, 0.25) is 10.0 Å². The van der Waals surface area contributed by atoms with Crippen LogP contribution in [-0.2, 0) is 6.42 Å². The molecule has 1 heterocycles. The highest BCUT2D eigenvalue weighted by molar-refractivity contribution is 6.36. The molecular weight excluding hydrogens is 260 g/mol. The van der Waals surface area contributed by atoms with E-state index in [0.717, 1.165) is 12.1 Å². The van der Waals surface area contributed by atoms with Crippen molar-refractivity contribution in [1.82, 2.24) is 4.98 Å². The molecule has 1 aromatic carbocycles. The fraction of sp³-hybridized carbons (Fsp3) is 0.308. The summed E-state index contributed by atoms with van der Waals surface area (Å²) >= 11 is 11.9. The summed E-state index contributed by atoms with van der Waals surface area (Å²) < 4.78 is 13.8. The van der Waals surface area contributed by atoms with Crippen molar-refractivity contribution in [3.8, 4) is 0 Å². The molecule has 1 nitrogen and oxygen atoms in total. The number of aromatic nitrogens is 1. The van der Waals surface area contributed by atoms with E-state index in [1.165, 1.54) is 6.07 Å². The average Bonchev–Trinajstić information content (AvgIpc) is 2.23. The maximum absolute atomic E-state index is 13.8. The molecule has 1 aromatic heterocycles. The highest BCUT2D eigenvalue weighted by Crippen LogP contribution is 2.29. The fourth-order valence-corrected chi connectivity index (χ4v) is 2.20. The molecule has 0 aliphatic heterocycles. The molecule has 0 amide bonds. The Balaban J connectivity index is 2.66. The van der Waals surface area contributed by atoms with E-state index in [4.69, 9.17) is 23.2 Å². The molecule has 0 aliphatic rings. The van der Waals surface area contributed by atoms with E-state index in [1.54, 1.807) is 12.1 Å². The van der Waals surface area contributed by atoms with Crippen LogP contribution in [-0.4, -0.2) is 4.98 Å². The van der Waals surface area contributed by atoms with Gasteiger partial charge in [-0.15, -0.1) is 0 Å². The van der Waals surface area contributed by atoms with E-state index in [-0.39, 0.29) is 10.5 Å². The summed E-state index contributed by atoms with van der Waals surface area (Å²) in [6.07, 6.45) is 0.765. The van der Waals surface area contributed by atoms with Gasteiger partial charge in [0.15, 0.2) is 5.82 Å². The quantitative estimate of drug-likeness (QED) is 0.759. The second kappa shape index (κ2) is 4.79. The molecule has 0 N–H and O–H groups in total. The Morgan fingerprint density at radius 3 is 2.59 bits per heavy atom. The molecule has 0 unspecified atom stereocenters. The Bertz CT molecular complexity index is 567. The molecule has 0 radical (unpaired) electrons. The van der Waals surface area contributed by atoms with Gasteiger partial charge in [-0.05, 0) is 30.5 Å². The number of benzene rings is 1. The lowest BCUT2D eigenvalue weighted by atomic mass is 10.1. The third-order valence-corrected chi connectivity index (χ3v) is 3.10. The van der Waals surface area contributed by atoms with E-state index >= 15 is 0 Å². The zero-order chi connectivity index (χ0) is 12.6. The van der Waals surface area contributed by atoms with Crippen LogP contribution in [0.15, 0.2) is 18.2 Å². The van der Waals surface area contributed by atoms with Gasteiger partial charge in [0.2, 0.25) is 0 Å². The van der Waals surface area contributed by atoms with Crippen LogP contribution >= 0.6 is 23.2 Å². The highest BCUT2D eigenvalue weighted by Gasteiger charge is 2.12. The van der Waals surface area contributed by atoms with Crippen LogP contribution in [0, 0.1) is 11.7 Å². The summed E-state index contributed by atoms with van der Waals surface area (Å²) in [5, 5.41) is 1.19. The zero-order valence-corrected chi connectivity index (χ0v) is 11.1. The Hall–Kier alpha value is -0.860. The number of fused-ring (bicyclic) bond motifs is 1. The molecule has 2 aromatic rings. The van der Waals surface area contributed by atoms with Gasteiger partial charge >= 0.3 is 0 Å². The van der Waals surface area contributed by atoms with E-state index in [9.17, 15) is 4.39 Å². The Morgan fingerprint density at radius 1 is 1.24 bits per heavy atom. The van der Waals surface area contributed by atoms with Crippen LogP contribution in [0.3, 0.4) is 0 Å². The smallest absolute Gasteiger partial charge is 0.168 e. The predicted octanol–water partition coefficient (Wildman–Crippen LogP) is 4.88. The number of hydrogen-bond donors (Lipinski definition) is 0. The van der Waals surface area contributed by atoms with Gasteiger partial charge < -0.3 is 0 Å². The second-order valence-corrected chi connectivity index (χ2v) is 5.27. The topological polar surface area (TPSA) is 12.9 Å². The molecule has 0 saturated carbocycles. The lowest BCUT2D eigenvalue weighted by molar-refractivity contribution is 0.626. The summed E-state index contributed by atoms with van der Waals surface area (Å²) in [5.41, 5.74) is 1.04. The normalized spacial score (nSPS) is 11.4. The second-order valence-electron chi connectivity index (χ2n) is 4.45. The number of rotatable bonds is 2. The van der Waals surface area contributed by atoms with Crippen molar-refractivity contribution in [3.05, 3.63) is 39.8 Å². The molecule has 0 atom stereocenters. The van der Waals surface area contributed by atoms with Crippen molar-refractivity contribution in [3.63, 3.8) is 0 Å². The van der Waals surface area contributed by atoms with Crippen molar-refractivity contribution < 1.29 is 4.39 Å². The van der Waals surface area contributed by atoms with Gasteiger partial charge in [-0.3, -0.25) is 0 Å². The van der Waals surface area contributed by atoms with Crippen LogP contribution < -0.4 is 0 Å². The maximum atomic E-state index is 13.8. The van der Waals surface area contributed by atoms with Crippen LogP contribution in [0.5, 0.6) is 0 Å². The highest BCUT2D eigenvalue weighted by atomic mass is 35.5. The molecule has 0 aliphatic carbocycles. The molecule has 17 heavy (non-hydrogen) atoms. The minimum atomic E-state index is -0.503. The third kappa shape index (κ3) is 2.53. The Labute approximate surface area is 110 Å². The first-order valence-corrected chi connectivity index (χ1v) is 6.17. The molecule has 0 saturated heterocycles. The lowest BCUT2D eigenvalue weighted by Gasteiger charge is -2.08. The average molecular weight is 272 g/mol. The van der Waals surface area contributed by atoms with Gasteiger partial charge in [-0.1, -0.05) is 37.0 Å². The molecule has 2 rings (SSSR count). The summed E-state index contributed by atoms with van der Waals surface area (Å²) in [4.78, 5) is 4.29. The largest absolute Gasteiger partial charge is 0.250 e. The Morgan fingerprint density at radius 2 is 1.94 bits per heavy atom. The van der Waals surface area contributed by atoms with Gasteiger partial charge in [0.1, 0.15) is 5.52 Å². The van der Waals surface area contributed by atoms with Crippen LogP contribution in [0.4, 0.5) is 4.39 Å². The first kappa shape index (κ1) is 12.6. The zero-order valence-electron chi connectivity index (χ0n) is 9.60. The van der Waals surface area contributed by atoms with Gasteiger partial charge in [0.25, 0.3) is 0 Å². The standard InChI is InChI=1S/C13H12Cl2FN/c1-7(2)5-8-6-11(15)9-3-4-10(14)12(16)13(9)17-8/h3-4,6-7H,5H2,1-2H3. The van der Waals surface area contributed by atoms with E-state index in [2.05, 4.69) is 18.8 Å². The first-order valence-electron chi connectivity index (χ1n) is 5.42. The summed E-state index contributed by atoms with van der Waals surface area (Å²) in [7, 11) is 0. The van der Waals surface area contributed by atoms with Crippen molar-refractivity contribution in [1.29, 1.82) is 0 Å². The number of halogens is 3. The van der Waals surface area contributed by atoms with Gasteiger partial charge in [0, 0.05) is 11.1 Å². The van der Waals surface area contributed by atoms with Gasteiger partial charge in [-0.2, -0.15) is 0 Å². The monoisotopic (exact) mass is 271 g/mol. The maximum Gasteiger partial charge on any atom is 0.168 e. The number of hydrogen-bond acceptors (Lipinski definition) is 1. The fourth-order valence-electron chi connectivity index (χ4n) is 1.76. The van der Waals surface area contributed by atoms with Crippen molar-refractivity contribution in [2.24, 2.45) is 5.92 Å². The molecule has 0 fully saturated rings. The van der Waals surface area contributed by atoms with Crippen molar-refractivity contribution in [2.45, 2.75) is 20.3 Å². The van der Waals surface area contributed by atoms with Gasteiger partial charge in [0.05, 0.1) is 10.0 Å². The predicted molar refractivity (Wildman–Crippen MR) is 70.3 cm³/mol. The van der Waals surface area contributed by atoms with E-state index < -0.39 is 5.82 Å². The third-order valence-electron chi connectivity index (χ3n) is 2.49. The SMILES string of the molecule is CC(C)Cc1cc(Cl)c2ccc(Cl)c(F)c2n1. The number of pyridine rings is 1. The number of nitrogens with zero attached hydrogens (tertiary/aromatic N) is 1. The van der Waals surface area contributed by atoms with Crippen molar-refractivity contribution >= 4 is 34.1 Å². The minimum Gasteiger partial charge on any atom is -0.250 e. The van der Waals surface area contributed by atoms with Crippen LogP contribution in [0.25, 0.3) is 10.9 Å². The van der Waals surface area contributed by atoms with Gasteiger partial charge in [-0.25, -0.2) is 9.37 Å². The molecule has 4 heteroatoms. The van der Waals surface area contributed by atoms with Crippen molar-refractivity contribution in [2.75, 3.05) is 0 Å². The molecule has 90 valence electrons.